The van der Waals surface area contributed by atoms with Crippen molar-refractivity contribution >= 4 is 34.8 Å². The maximum Gasteiger partial charge on any atom is 0.261 e. The van der Waals surface area contributed by atoms with Crippen molar-refractivity contribution < 1.29 is 13.5 Å². The Morgan fingerprint density at radius 3 is 2.47 bits per heavy atom. The molecule has 1 aromatic heterocycles. The average molecular weight is 314 g/mol. The molecule has 108 valence electrons. The lowest BCUT2D eigenvalue weighted by Crippen LogP contribution is -2.14. The van der Waals surface area contributed by atoms with Crippen molar-refractivity contribution in [3.8, 4) is 0 Å². The van der Waals surface area contributed by atoms with Gasteiger partial charge in [0.15, 0.2) is 0 Å². The molecular formula is C11H15Cl2F2N3O. The maximum absolute atomic E-state index is 11.8. The average Bonchev–Trinajstić information content (AvgIpc) is 2.33. The van der Waals surface area contributed by atoms with Crippen LogP contribution in [0.15, 0.2) is 6.07 Å². The molecule has 0 saturated heterocycles. The molecule has 0 radical (unpaired) electrons. The van der Waals surface area contributed by atoms with Gasteiger partial charge in [-0.15, -0.1) is 0 Å². The van der Waals surface area contributed by atoms with Gasteiger partial charge in [0.1, 0.15) is 18.2 Å². The summed E-state index contributed by atoms with van der Waals surface area (Å²) in [6, 6.07) is 1.57. The Bertz CT molecular complexity index is 408. The molecule has 1 aromatic rings. The van der Waals surface area contributed by atoms with Crippen LogP contribution in [0.25, 0.3) is 0 Å². The first-order chi connectivity index (χ1) is 9.04. The minimum Gasteiger partial charge on any atom is -0.374 e. The van der Waals surface area contributed by atoms with Crippen LogP contribution >= 0.6 is 23.2 Å². The molecule has 0 aliphatic heterocycles. The number of hydrogen-bond donors (Lipinski definition) is 2. The van der Waals surface area contributed by atoms with Crippen LogP contribution < -0.4 is 10.6 Å². The van der Waals surface area contributed by atoms with E-state index in [0.717, 1.165) is 0 Å². The van der Waals surface area contributed by atoms with E-state index in [-0.39, 0.29) is 6.61 Å². The highest BCUT2D eigenvalue weighted by molar-refractivity contribution is 6.37. The normalized spacial score (nSPS) is 10.8. The van der Waals surface area contributed by atoms with Gasteiger partial charge in [0.2, 0.25) is 0 Å². The highest BCUT2D eigenvalue weighted by Crippen LogP contribution is 2.28. The molecule has 0 unspecified atom stereocenters. The second kappa shape index (κ2) is 8.35. The Balaban J connectivity index is 2.50. The van der Waals surface area contributed by atoms with Crippen LogP contribution in [-0.2, 0) is 4.74 Å². The molecule has 0 aliphatic carbocycles. The van der Waals surface area contributed by atoms with Crippen molar-refractivity contribution in [2.75, 3.05) is 36.9 Å². The molecule has 0 fully saturated rings. The molecule has 0 spiro atoms. The lowest BCUT2D eigenvalue weighted by atomic mass is 10.4. The van der Waals surface area contributed by atoms with Crippen molar-refractivity contribution in [3.63, 3.8) is 0 Å². The summed E-state index contributed by atoms with van der Waals surface area (Å²) < 4.78 is 28.4. The van der Waals surface area contributed by atoms with Crippen LogP contribution in [0.5, 0.6) is 0 Å². The zero-order chi connectivity index (χ0) is 14.3. The zero-order valence-corrected chi connectivity index (χ0v) is 11.9. The van der Waals surface area contributed by atoms with Crippen LogP contribution in [-0.4, -0.2) is 37.7 Å². The molecule has 0 amide bonds. The number of hydrogen-bond acceptors (Lipinski definition) is 4. The first-order valence-corrected chi connectivity index (χ1v) is 6.49. The van der Waals surface area contributed by atoms with Gasteiger partial charge in [0.05, 0.1) is 16.7 Å². The minimum absolute atomic E-state index is 0.140. The van der Waals surface area contributed by atoms with Crippen LogP contribution in [0.4, 0.5) is 20.4 Å². The summed E-state index contributed by atoms with van der Waals surface area (Å²) >= 11 is 11.9. The van der Waals surface area contributed by atoms with E-state index in [1.165, 1.54) is 0 Å². The molecule has 0 bridgehead atoms. The number of anilines is 2. The van der Waals surface area contributed by atoms with Gasteiger partial charge in [-0.3, -0.25) is 0 Å². The molecule has 1 heterocycles. The number of nitrogens with zero attached hydrogens (tertiary/aromatic N) is 1. The third-order valence-corrected chi connectivity index (χ3v) is 2.63. The first-order valence-electron chi connectivity index (χ1n) is 5.74. The highest BCUT2D eigenvalue weighted by atomic mass is 35.5. The number of ether oxygens (including phenoxy) is 1. The van der Waals surface area contributed by atoms with Crippen LogP contribution in [0, 0.1) is 0 Å². The lowest BCUT2D eigenvalue weighted by molar-refractivity contribution is 0.0215. The molecule has 1 rings (SSSR count). The van der Waals surface area contributed by atoms with Gasteiger partial charge in [-0.05, 0) is 13.0 Å². The number of alkyl halides is 2. The van der Waals surface area contributed by atoms with E-state index in [0.29, 0.717) is 34.8 Å². The number of aromatic nitrogens is 1. The number of pyridine rings is 1. The van der Waals surface area contributed by atoms with Gasteiger partial charge < -0.3 is 15.4 Å². The molecule has 0 atom stereocenters. The molecule has 0 aliphatic rings. The Kier molecular flexibility index (Phi) is 7.12. The third kappa shape index (κ3) is 5.76. The zero-order valence-electron chi connectivity index (χ0n) is 10.4. The molecule has 4 nitrogen and oxygen atoms in total. The maximum atomic E-state index is 11.8. The summed E-state index contributed by atoms with van der Waals surface area (Å²) in [6.07, 6.45) is -2.46. The summed E-state index contributed by atoms with van der Waals surface area (Å²) in [5.74, 6) is 0.951. The number of halogens is 4. The molecular weight excluding hydrogens is 299 g/mol. The van der Waals surface area contributed by atoms with E-state index in [1.807, 2.05) is 6.92 Å². The van der Waals surface area contributed by atoms with Gasteiger partial charge in [0.25, 0.3) is 6.43 Å². The van der Waals surface area contributed by atoms with Crippen LogP contribution in [0.2, 0.25) is 10.0 Å². The summed E-state index contributed by atoms with van der Waals surface area (Å²) in [5.41, 5.74) is 0. The molecule has 0 saturated carbocycles. The monoisotopic (exact) mass is 313 g/mol. The fourth-order valence-electron chi connectivity index (χ4n) is 1.30. The topological polar surface area (TPSA) is 46.2 Å². The second-order valence-corrected chi connectivity index (χ2v) is 4.39. The van der Waals surface area contributed by atoms with E-state index >= 15 is 0 Å². The highest BCUT2D eigenvalue weighted by Gasteiger charge is 2.08. The Morgan fingerprint density at radius 1 is 1.26 bits per heavy atom. The van der Waals surface area contributed by atoms with E-state index in [9.17, 15) is 8.78 Å². The van der Waals surface area contributed by atoms with Gasteiger partial charge in [-0.25, -0.2) is 13.8 Å². The Labute approximate surface area is 120 Å². The van der Waals surface area contributed by atoms with E-state index in [1.54, 1.807) is 6.07 Å². The molecule has 2 N–H and O–H groups in total. The van der Waals surface area contributed by atoms with Gasteiger partial charge in [-0.1, -0.05) is 23.2 Å². The van der Waals surface area contributed by atoms with E-state index in [2.05, 4.69) is 15.6 Å². The Hall–Kier alpha value is -0.850. The summed E-state index contributed by atoms with van der Waals surface area (Å²) in [5, 5.41) is 6.67. The van der Waals surface area contributed by atoms with Crippen LogP contribution in [0.3, 0.4) is 0 Å². The predicted molar refractivity (Wildman–Crippen MR) is 73.7 cm³/mol. The quantitative estimate of drug-likeness (QED) is 0.721. The predicted octanol–water partition coefficient (Wildman–Crippen LogP) is 3.51. The number of rotatable bonds is 8. The Morgan fingerprint density at radius 2 is 1.89 bits per heavy atom. The molecule has 8 heteroatoms. The minimum atomic E-state index is -2.46. The van der Waals surface area contributed by atoms with Gasteiger partial charge in [0, 0.05) is 13.1 Å². The van der Waals surface area contributed by atoms with Crippen LogP contribution in [0.1, 0.15) is 6.92 Å². The summed E-state index contributed by atoms with van der Waals surface area (Å²) in [6.45, 7) is 2.48. The summed E-state index contributed by atoms with van der Waals surface area (Å²) in [7, 11) is 0. The lowest BCUT2D eigenvalue weighted by Gasteiger charge is -2.11. The second-order valence-electron chi connectivity index (χ2n) is 3.57. The molecule has 0 aromatic carbocycles. The van der Waals surface area contributed by atoms with Gasteiger partial charge >= 0.3 is 0 Å². The SMILES string of the molecule is CCNc1nc(NCCOCC(F)F)c(Cl)cc1Cl. The van der Waals surface area contributed by atoms with E-state index < -0.39 is 13.0 Å². The third-order valence-electron chi connectivity index (χ3n) is 2.06. The van der Waals surface area contributed by atoms with Crippen molar-refractivity contribution in [2.45, 2.75) is 13.3 Å². The number of nitrogens with one attached hydrogen (secondary N) is 2. The fraction of sp³-hybridized carbons (Fsp3) is 0.545. The smallest absolute Gasteiger partial charge is 0.261 e. The largest absolute Gasteiger partial charge is 0.374 e. The standard InChI is InChI=1S/C11H15Cl2F2N3O/c1-2-16-10-7(12)5-8(13)11(18-10)17-3-4-19-6-9(14)15/h5,9H,2-4,6H2,1H3,(H2,16,17,18). The first kappa shape index (κ1) is 16.2. The molecule has 19 heavy (non-hydrogen) atoms. The van der Waals surface area contributed by atoms with Crippen molar-refractivity contribution in [1.29, 1.82) is 0 Å². The van der Waals surface area contributed by atoms with Gasteiger partial charge in [-0.2, -0.15) is 0 Å². The van der Waals surface area contributed by atoms with Crippen molar-refractivity contribution in [3.05, 3.63) is 16.1 Å². The summed E-state index contributed by atoms with van der Waals surface area (Å²) in [4.78, 5) is 4.20. The van der Waals surface area contributed by atoms with Crippen molar-refractivity contribution in [2.24, 2.45) is 0 Å². The van der Waals surface area contributed by atoms with Crippen molar-refractivity contribution in [1.82, 2.24) is 4.98 Å². The fourth-order valence-corrected chi connectivity index (χ4v) is 1.79. The van der Waals surface area contributed by atoms with E-state index in [4.69, 9.17) is 27.9 Å².